The summed E-state index contributed by atoms with van der Waals surface area (Å²) < 4.78 is 5.89. The lowest BCUT2D eigenvalue weighted by Crippen LogP contribution is -2.17. The average molecular weight is 426 g/mol. The molecular weight excluding hydrogens is 405 g/mol. The maximum absolute atomic E-state index is 6.21. The summed E-state index contributed by atoms with van der Waals surface area (Å²) >= 11 is 12.1. The fourth-order valence-corrected chi connectivity index (χ4v) is 3.57. The summed E-state index contributed by atoms with van der Waals surface area (Å²) in [6.07, 6.45) is 0.847. The van der Waals surface area contributed by atoms with Gasteiger partial charge in [-0.25, -0.2) is 4.98 Å². The van der Waals surface area contributed by atoms with Crippen molar-refractivity contribution in [3.05, 3.63) is 93.7 Å². The van der Waals surface area contributed by atoms with Gasteiger partial charge in [-0.2, -0.15) is 0 Å². The van der Waals surface area contributed by atoms with E-state index in [1.54, 1.807) is 6.07 Å². The van der Waals surface area contributed by atoms with Crippen LogP contribution in [-0.4, -0.2) is 16.5 Å². The van der Waals surface area contributed by atoms with Crippen molar-refractivity contribution in [1.29, 1.82) is 0 Å². The molecule has 0 aliphatic carbocycles. The Morgan fingerprint density at radius 3 is 2.72 bits per heavy atom. The Hall–Kier alpha value is -2.53. The monoisotopic (exact) mass is 425 g/mol. The summed E-state index contributed by atoms with van der Waals surface area (Å²) in [5, 5.41) is 4.69. The van der Waals surface area contributed by atoms with Crippen LogP contribution in [0.1, 0.15) is 17.0 Å². The summed E-state index contributed by atoms with van der Waals surface area (Å²) in [5.74, 6) is 1.81. The van der Waals surface area contributed by atoms with E-state index in [2.05, 4.69) is 21.4 Å². The average Bonchev–Trinajstić information content (AvgIpc) is 3.14. The fraction of sp³-hybridized carbons (Fsp3) is 0.174. The van der Waals surface area contributed by atoms with Gasteiger partial charge in [-0.1, -0.05) is 53.5 Å². The van der Waals surface area contributed by atoms with Crippen LogP contribution >= 0.6 is 23.2 Å². The molecule has 1 heterocycles. The highest BCUT2D eigenvalue weighted by molar-refractivity contribution is 6.35. The van der Waals surface area contributed by atoms with Gasteiger partial charge in [0.1, 0.15) is 18.2 Å². The van der Waals surface area contributed by atoms with Crippen molar-refractivity contribution in [2.45, 2.75) is 19.6 Å². The molecule has 0 atom stereocenters. The van der Waals surface area contributed by atoms with Crippen LogP contribution in [0, 0.1) is 0 Å². The molecule has 0 amide bonds. The number of benzene rings is 3. The number of hydrogen-bond acceptors (Lipinski definition) is 3. The van der Waals surface area contributed by atoms with Gasteiger partial charge >= 0.3 is 0 Å². The van der Waals surface area contributed by atoms with Gasteiger partial charge in [-0.15, -0.1) is 0 Å². The molecule has 0 unspecified atom stereocenters. The van der Waals surface area contributed by atoms with E-state index in [1.165, 1.54) is 0 Å². The van der Waals surface area contributed by atoms with E-state index in [0.717, 1.165) is 53.2 Å². The number of nitrogens with zero attached hydrogens (tertiary/aromatic N) is 1. The van der Waals surface area contributed by atoms with Crippen LogP contribution in [0.5, 0.6) is 5.75 Å². The van der Waals surface area contributed by atoms with E-state index >= 15 is 0 Å². The van der Waals surface area contributed by atoms with Crippen molar-refractivity contribution in [3.8, 4) is 5.75 Å². The molecular formula is C23H21Cl2N3O. The Morgan fingerprint density at radius 1 is 0.966 bits per heavy atom. The van der Waals surface area contributed by atoms with Gasteiger partial charge in [-0.3, -0.25) is 0 Å². The maximum atomic E-state index is 6.21. The lowest BCUT2D eigenvalue weighted by molar-refractivity contribution is 0.306. The summed E-state index contributed by atoms with van der Waals surface area (Å²) in [6, 6.07) is 21.6. The Morgan fingerprint density at radius 2 is 1.86 bits per heavy atom. The maximum Gasteiger partial charge on any atom is 0.120 e. The standard InChI is InChI=1S/C23H21Cl2N3O/c24-18-9-8-17(20(25)13-18)15-29-19-5-3-4-16(12-19)14-26-11-10-23-27-21-6-1-2-7-22(21)28-23/h1-9,12-13,26H,10-11,14-15H2,(H,27,28). The third kappa shape index (κ3) is 5.30. The van der Waals surface area contributed by atoms with Crippen LogP contribution < -0.4 is 10.1 Å². The van der Waals surface area contributed by atoms with Gasteiger partial charge in [0, 0.05) is 35.1 Å². The predicted molar refractivity (Wildman–Crippen MR) is 119 cm³/mol. The first-order chi connectivity index (χ1) is 14.2. The van der Waals surface area contributed by atoms with E-state index in [-0.39, 0.29) is 0 Å². The molecule has 4 aromatic rings. The molecule has 0 aliphatic rings. The highest BCUT2D eigenvalue weighted by atomic mass is 35.5. The second kappa shape index (κ2) is 9.31. The van der Waals surface area contributed by atoms with E-state index in [1.807, 2.05) is 54.6 Å². The second-order valence-corrected chi connectivity index (χ2v) is 7.64. The molecule has 2 N–H and O–H groups in total. The molecule has 0 aliphatic heterocycles. The number of hydrogen-bond donors (Lipinski definition) is 2. The molecule has 29 heavy (non-hydrogen) atoms. The Bertz CT molecular complexity index is 1080. The molecule has 0 spiro atoms. The lowest BCUT2D eigenvalue weighted by atomic mass is 10.2. The van der Waals surface area contributed by atoms with E-state index < -0.39 is 0 Å². The number of imidazole rings is 1. The Balaban J connectivity index is 1.27. The number of rotatable bonds is 8. The first-order valence-corrected chi connectivity index (χ1v) is 10.2. The molecule has 1 aromatic heterocycles. The van der Waals surface area contributed by atoms with Crippen molar-refractivity contribution in [3.63, 3.8) is 0 Å². The molecule has 6 heteroatoms. The Labute approximate surface area is 179 Å². The zero-order chi connectivity index (χ0) is 20.1. The summed E-state index contributed by atoms with van der Waals surface area (Å²) in [5.41, 5.74) is 4.15. The SMILES string of the molecule is Clc1ccc(COc2cccc(CNCCc3nc4ccccc4[nH]3)c2)c(Cl)c1. The number of H-pyrrole nitrogens is 1. The molecule has 4 rings (SSSR count). The Kier molecular flexibility index (Phi) is 6.35. The van der Waals surface area contributed by atoms with Crippen LogP contribution in [0.25, 0.3) is 11.0 Å². The number of para-hydroxylation sites is 2. The van der Waals surface area contributed by atoms with Crippen molar-refractivity contribution in [2.75, 3.05) is 6.54 Å². The zero-order valence-corrected chi connectivity index (χ0v) is 17.3. The van der Waals surface area contributed by atoms with Crippen LogP contribution in [0.15, 0.2) is 66.7 Å². The third-order valence-electron chi connectivity index (χ3n) is 4.61. The molecule has 0 bridgehead atoms. The molecule has 0 saturated heterocycles. The van der Waals surface area contributed by atoms with Crippen molar-refractivity contribution < 1.29 is 4.74 Å². The van der Waals surface area contributed by atoms with Crippen LogP contribution in [0.3, 0.4) is 0 Å². The van der Waals surface area contributed by atoms with Gasteiger partial charge in [0.25, 0.3) is 0 Å². The zero-order valence-electron chi connectivity index (χ0n) is 15.8. The van der Waals surface area contributed by atoms with Crippen molar-refractivity contribution in [1.82, 2.24) is 15.3 Å². The van der Waals surface area contributed by atoms with Crippen LogP contribution in [0.2, 0.25) is 10.0 Å². The van der Waals surface area contributed by atoms with E-state index in [0.29, 0.717) is 16.7 Å². The largest absolute Gasteiger partial charge is 0.489 e. The molecule has 4 nitrogen and oxygen atoms in total. The first-order valence-electron chi connectivity index (χ1n) is 9.47. The lowest BCUT2D eigenvalue weighted by Gasteiger charge is -2.10. The van der Waals surface area contributed by atoms with Gasteiger partial charge in [0.05, 0.1) is 11.0 Å². The summed E-state index contributed by atoms with van der Waals surface area (Å²) in [7, 11) is 0. The molecule has 3 aromatic carbocycles. The minimum atomic E-state index is 0.402. The topological polar surface area (TPSA) is 49.9 Å². The minimum absolute atomic E-state index is 0.402. The molecule has 148 valence electrons. The highest BCUT2D eigenvalue weighted by Crippen LogP contribution is 2.23. The molecule has 0 fully saturated rings. The van der Waals surface area contributed by atoms with Gasteiger partial charge in [0.15, 0.2) is 0 Å². The summed E-state index contributed by atoms with van der Waals surface area (Å²) in [6.45, 7) is 2.00. The molecule has 0 saturated carbocycles. The quantitative estimate of drug-likeness (QED) is 0.351. The normalized spacial score (nSPS) is 11.1. The minimum Gasteiger partial charge on any atom is -0.489 e. The van der Waals surface area contributed by atoms with Crippen LogP contribution in [0.4, 0.5) is 0 Å². The molecule has 0 radical (unpaired) electrons. The third-order valence-corrected chi connectivity index (χ3v) is 5.20. The predicted octanol–water partition coefficient (Wildman–Crippen LogP) is 5.78. The van der Waals surface area contributed by atoms with E-state index in [9.17, 15) is 0 Å². The van der Waals surface area contributed by atoms with E-state index in [4.69, 9.17) is 27.9 Å². The number of aromatic nitrogens is 2. The van der Waals surface area contributed by atoms with Gasteiger partial charge < -0.3 is 15.0 Å². The first kappa shape index (κ1) is 19.8. The fourth-order valence-electron chi connectivity index (χ4n) is 3.11. The van der Waals surface area contributed by atoms with Crippen molar-refractivity contribution in [2.24, 2.45) is 0 Å². The number of fused-ring (bicyclic) bond motifs is 1. The number of ether oxygens (including phenoxy) is 1. The number of halogens is 2. The number of aromatic amines is 1. The van der Waals surface area contributed by atoms with Gasteiger partial charge in [0.2, 0.25) is 0 Å². The second-order valence-electron chi connectivity index (χ2n) is 6.80. The van der Waals surface area contributed by atoms with Crippen LogP contribution in [-0.2, 0) is 19.6 Å². The summed E-state index contributed by atoms with van der Waals surface area (Å²) in [4.78, 5) is 7.96. The van der Waals surface area contributed by atoms with Crippen molar-refractivity contribution >= 4 is 34.2 Å². The van der Waals surface area contributed by atoms with Gasteiger partial charge in [-0.05, 0) is 42.0 Å². The number of nitrogens with one attached hydrogen (secondary N) is 2. The highest BCUT2D eigenvalue weighted by Gasteiger charge is 2.04. The smallest absolute Gasteiger partial charge is 0.120 e.